The second kappa shape index (κ2) is 7.24. The van der Waals surface area contributed by atoms with Gasteiger partial charge in [-0.2, -0.15) is 0 Å². The lowest BCUT2D eigenvalue weighted by molar-refractivity contribution is -0.306. The predicted molar refractivity (Wildman–Crippen MR) is 80.0 cm³/mol. The standard InChI is InChI=1S/C15H14ClNO3S/c16-11-5-3-10(4-6-11)13(9-15(19)20)17-14(18)8-12-2-1-7-21-12/h1-7,13H,8-9H2,(H,17,18)(H,19,20)/p-1/t13-/m0/s1. The van der Waals surface area contributed by atoms with Crippen molar-refractivity contribution >= 4 is 34.8 Å². The number of carbonyl (C=O) groups is 2. The molecule has 1 atom stereocenters. The molecule has 0 fully saturated rings. The third kappa shape index (κ3) is 4.88. The van der Waals surface area contributed by atoms with Gasteiger partial charge in [-0.05, 0) is 29.1 Å². The van der Waals surface area contributed by atoms with Gasteiger partial charge in [0.1, 0.15) is 0 Å². The fraction of sp³-hybridized carbons (Fsp3) is 0.200. The number of aliphatic carboxylic acids is 1. The molecule has 1 N–H and O–H groups in total. The van der Waals surface area contributed by atoms with Gasteiger partial charge in [0.2, 0.25) is 5.91 Å². The number of thiophene rings is 1. The molecule has 1 amide bonds. The first-order chi connectivity index (χ1) is 10.0. The van der Waals surface area contributed by atoms with E-state index in [4.69, 9.17) is 11.6 Å². The summed E-state index contributed by atoms with van der Waals surface area (Å²) in [5.74, 6) is -1.44. The number of carboxylic acid groups (broad SMARTS) is 1. The van der Waals surface area contributed by atoms with Crippen LogP contribution in [0.1, 0.15) is 22.9 Å². The molecular formula is C15H13ClNO3S-. The van der Waals surface area contributed by atoms with Crippen LogP contribution in [0.3, 0.4) is 0 Å². The van der Waals surface area contributed by atoms with Gasteiger partial charge in [0, 0.05) is 22.3 Å². The van der Waals surface area contributed by atoms with E-state index in [-0.39, 0.29) is 18.7 Å². The van der Waals surface area contributed by atoms with Gasteiger partial charge in [-0.3, -0.25) is 4.79 Å². The Kier molecular flexibility index (Phi) is 5.36. The minimum absolute atomic E-state index is 0.223. The molecule has 21 heavy (non-hydrogen) atoms. The summed E-state index contributed by atoms with van der Waals surface area (Å²) in [7, 11) is 0. The van der Waals surface area contributed by atoms with Crippen LogP contribution in [0.15, 0.2) is 41.8 Å². The van der Waals surface area contributed by atoms with Gasteiger partial charge in [-0.25, -0.2) is 0 Å². The molecule has 1 heterocycles. The van der Waals surface area contributed by atoms with E-state index >= 15 is 0 Å². The van der Waals surface area contributed by atoms with Crippen molar-refractivity contribution in [1.82, 2.24) is 5.32 Å². The number of carboxylic acids is 1. The second-order valence-electron chi connectivity index (χ2n) is 4.50. The highest BCUT2D eigenvalue weighted by Gasteiger charge is 2.15. The fourth-order valence-electron chi connectivity index (χ4n) is 1.93. The van der Waals surface area contributed by atoms with Gasteiger partial charge in [0.25, 0.3) is 0 Å². The van der Waals surface area contributed by atoms with Crippen LogP contribution in [-0.4, -0.2) is 11.9 Å². The maximum atomic E-state index is 12.0. The molecule has 2 rings (SSSR count). The monoisotopic (exact) mass is 322 g/mol. The Morgan fingerprint density at radius 3 is 2.52 bits per heavy atom. The molecule has 0 bridgehead atoms. The first-order valence-electron chi connectivity index (χ1n) is 6.31. The molecule has 110 valence electrons. The molecule has 6 heteroatoms. The second-order valence-corrected chi connectivity index (χ2v) is 5.97. The number of rotatable bonds is 6. The average molecular weight is 323 g/mol. The highest BCUT2D eigenvalue weighted by atomic mass is 35.5. The van der Waals surface area contributed by atoms with Crippen molar-refractivity contribution in [1.29, 1.82) is 0 Å². The summed E-state index contributed by atoms with van der Waals surface area (Å²) in [5.41, 5.74) is 0.683. The predicted octanol–water partition coefficient (Wildman–Crippen LogP) is 1.94. The highest BCUT2D eigenvalue weighted by molar-refractivity contribution is 7.10. The quantitative estimate of drug-likeness (QED) is 0.883. The van der Waals surface area contributed by atoms with Crippen molar-refractivity contribution in [3.8, 4) is 0 Å². The van der Waals surface area contributed by atoms with Crippen molar-refractivity contribution in [2.45, 2.75) is 18.9 Å². The zero-order valence-electron chi connectivity index (χ0n) is 11.0. The Hall–Kier alpha value is -1.85. The van der Waals surface area contributed by atoms with Crippen molar-refractivity contribution in [2.75, 3.05) is 0 Å². The molecule has 0 saturated carbocycles. The van der Waals surface area contributed by atoms with E-state index in [0.717, 1.165) is 4.88 Å². The summed E-state index contributed by atoms with van der Waals surface area (Å²) in [5, 5.41) is 16.0. The Morgan fingerprint density at radius 1 is 1.24 bits per heavy atom. The summed E-state index contributed by atoms with van der Waals surface area (Å²) in [6.45, 7) is 0. The summed E-state index contributed by atoms with van der Waals surface area (Å²) >= 11 is 7.29. The zero-order valence-corrected chi connectivity index (χ0v) is 12.6. The van der Waals surface area contributed by atoms with Gasteiger partial charge < -0.3 is 15.2 Å². The van der Waals surface area contributed by atoms with Crippen molar-refractivity contribution in [3.05, 3.63) is 57.2 Å². The van der Waals surface area contributed by atoms with Gasteiger partial charge in [0.15, 0.2) is 0 Å². The molecule has 0 saturated heterocycles. The van der Waals surface area contributed by atoms with Gasteiger partial charge in [-0.15, -0.1) is 11.3 Å². The third-order valence-electron chi connectivity index (χ3n) is 2.89. The van der Waals surface area contributed by atoms with E-state index in [1.807, 2.05) is 17.5 Å². The minimum Gasteiger partial charge on any atom is -0.550 e. The summed E-state index contributed by atoms with van der Waals surface area (Å²) < 4.78 is 0. The molecule has 2 aromatic rings. The van der Waals surface area contributed by atoms with Crippen LogP contribution in [0.5, 0.6) is 0 Å². The lowest BCUT2D eigenvalue weighted by Crippen LogP contribution is -2.34. The lowest BCUT2D eigenvalue weighted by atomic mass is 10.0. The first kappa shape index (κ1) is 15.5. The number of carbonyl (C=O) groups excluding carboxylic acids is 2. The maximum absolute atomic E-state index is 12.0. The minimum atomic E-state index is -1.22. The summed E-state index contributed by atoms with van der Waals surface area (Å²) in [4.78, 5) is 23.8. The normalized spacial score (nSPS) is 11.9. The highest BCUT2D eigenvalue weighted by Crippen LogP contribution is 2.20. The summed E-state index contributed by atoms with van der Waals surface area (Å²) in [6, 6.07) is 9.81. The van der Waals surface area contributed by atoms with E-state index in [0.29, 0.717) is 10.6 Å². The van der Waals surface area contributed by atoms with Crippen LogP contribution in [0.25, 0.3) is 0 Å². The Balaban J connectivity index is 2.07. The smallest absolute Gasteiger partial charge is 0.225 e. The van der Waals surface area contributed by atoms with Crippen LogP contribution >= 0.6 is 22.9 Å². The SMILES string of the molecule is O=C([O-])C[C@H](NC(=O)Cc1cccs1)c1ccc(Cl)cc1. The lowest BCUT2D eigenvalue weighted by Gasteiger charge is -2.19. The van der Waals surface area contributed by atoms with Crippen molar-refractivity contribution in [3.63, 3.8) is 0 Å². The zero-order chi connectivity index (χ0) is 15.2. The molecule has 0 aliphatic heterocycles. The van der Waals surface area contributed by atoms with Crippen LogP contribution in [-0.2, 0) is 16.0 Å². The molecule has 0 aliphatic carbocycles. The molecule has 0 spiro atoms. The van der Waals surface area contributed by atoms with E-state index in [1.165, 1.54) is 11.3 Å². The van der Waals surface area contributed by atoms with Crippen LogP contribution < -0.4 is 10.4 Å². The van der Waals surface area contributed by atoms with E-state index in [2.05, 4.69) is 5.32 Å². The number of hydrogen-bond acceptors (Lipinski definition) is 4. The van der Waals surface area contributed by atoms with Crippen molar-refractivity contribution < 1.29 is 14.7 Å². The summed E-state index contributed by atoms with van der Waals surface area (Å²) in [6.07, 6.45) is -0.0490. The number of hydrogen-bond donors (Lipinski definition) is 1. The van der Waals surface area contributed by atoms with E-state index < -0.39 is 12.0 Å². The van der Waals surface area contributed by atoms with Crippen LogP contribution in [0.4, 0.5) is 0 Å². The molecule has 0 radical (unpaired) electrons. The molecule has 0 unspecified atom stereocenters. The number of benzene rings is 1. The number of amides is 1. The Morgan fingerprint density at radius 2 is 1.95 bits per heavy atom. The molecule has 4 nitrogen and oxygen atoms in total. The Labute approximate surface area is 131 Å². The molecular weight excluding hydrogens is 310 g/mol. The Bertz CT molecular complexity index is 610. The number of nitrogens with one attached hydrogen (secondary N) is 1. The molecule has 0 aliphatic rings. The topological polar surface area (TPSA) is 69.2 Å². The fourth-order valence-corrected chi connectivity index (χ4v) is 2.76. The molecule has 1 aromatic carbocycles. The van der Waals surface area contributed by atoms with Gasteiger partial charge in [0.05, 0.1) is 12.5 Å². The third-order valence-corrected chi connectivity index (χ3v) is 4.02. The largest absolute Gasteiger partial charge is 0.550 e. The number of halogens is 1. The maximum Gasteiger partial charge on any atom is 0.225 e. The average Bonchev–Trinajstić information content (AvgIpc) is 2.91. The van der Waals surface area contributed by atoms with Crippen LogP contribution in [0, 0.1) is 0 Å². The van der Waals surface area contributed by atoms with E-state index in [9.17, 15) is 14.7 Å². The first-order valence-corrected chi connectivity index (χ1v) is 7.57. The van der Waals surface area contributed by atoms with Crippen molar-refractivity contribution in [2.24, 2.45) is 0 Å². The van der Waals surface area contributed by atoms with Gasteiger partial charge in [-0.1, -0.05) is 29.8 Å². The van der Waals surface area contributed by atoms with Crippen LogP contribution in [0.2, 0.25) is 5.02 Å². The molecule has 1 aromatic heterocycles. The van der Waals surface area contributed by atoms with E-state index in [1.54, 1.807) is 24.3 Å². The van der Waals surface area contributed by atoms with Gasteiger partial charge >= 0.3 is 0 Å².